The molecular formula is C7H13N3O. The van der Waals surface area contributed by atoms with Crippen LogP contribution in [0.5, 0.6) is 0 Å². The van der Waals surface area contributed by atoms with Crippen LogP contribution >= 0.6 is 0 Å². The van der Waals surface area contributed by atoms with Crippen molar-refractivity contribution in [3.05, 3.63) is 0 Å². The first kappa shape index (κ1) is 9.92. The molecule has 0 unspecified atom stereocenters. The molecule has 0 aromatic heterocycles. The number of amides is 1. The first-order valence-electron chi connectivity index (χ1n) is 3.38. The van der Waals surface area contributed by atoms with E-state index < -0.39 is 5.54 Å². The second-order valence-corrected chi connectivity index (χ2v) is 3.10. The lowest BCUT2D eigenvalue weighted by molar-refractivity contribution is -0.120. The molecule has 62 valence electrons. The first-order chi connectivity index (χ1) is 4.95. The van der Waals surface area contributed by atoms with E-state index in [1.54, 1.807) is 19.9 Å². The summed E-state index contributed by atoms with van der Waals surface area (Å²) in [6.07, 6.45) is -0.101. The Kier molecular flexibility index (Phi) is 3.55. The molecule has 0 fully saturated rings. The molecule has 4 nitrogen and oxygen atoms in total. The maximum Gasteiger partial charge on any atom is 0.234 e. The highest BCUT2D eigenvalue weighted by Crippen LogP contribution is 1.92. The number of nitrogens with one attached hydrogen (secondary N) is 1. The van der Waals surface area contributed by atoms with E-state index in [4.69, 9.17) is 11.0 Å². The Bertz CT molecular complexity index is 175. The third-order valence-corrected chi connectivity index (χ3v) is 0.981. The largest absolute Gasteiger partial charge is 0.353 e. The second kappa shape index (κ2) is 3.94. The number of nitrogens with zero attached hydrogens (tertiary/aromatic N) is 1. The van der Waals surface area contributed by atoms with Crippen molar-refractivity contribution in [1.82, 2.24) is 5.32 Å². The SMILES string of the molecule is CC(C)(N)CNC(=O)CC#N. The van der Waals surface area contributed by atoms with Crippen LogP contribution in [-0.2, 0) is 4.79 Å². The van der Waals surface area contributed by atoms with Crippen LogP contribution in [0, 0.1) is 11.3 Å². The number of nitriles is 1. The zero-order valence-electron chi connectivity index (χ0n) is 6.85. The molecule has 0 saturated carbocycles. The van der Waals surface area contributed by atoms with Gasteiger partial charge in [0.25, 0.3) is 0 Å². The lowest BCUT2D eigenvalue weighted by atomic mass is 10.1. The molecule has 0 aliphatic rings. The third-order valence-electron chi connectivity index (χ3n) is 0.981. The molecular weight excluding hydrogens is 142 g/mol. The predicted molar refractivity (Wildman–Crippen MR) is 41.5 cm³/mol. The predicted octanol–water partition coefficient (Wildman–Crippen LogP) is -0.246. The van der Waals surface area contributed by atoms with E-state index >= 15 is 0 Å². The topological polar surface area (TPSA) is 78.9 Å². The Morgan fingerprint density at radius 3 is 2.64 bits per heavy atom. The number of nitrogens with two attached hydrogens (primary N) is 1. The van der Waals surface area contributed by atoms with Gasteiger partial charge in [-0.2, -0.15) is 5.26 Å². The van der Waals surface area contributed by atoms with Gasteiger partial charge >= 0.3 is 0 Å². The van der Waals surface area contributed by atoms with Crippen molar-refractivity contribution < 1.29 is 4.79 Å². The van der Waals surface area contributed by atoms with Gasteiger partial charge in [-0.1, -0.05) is 0 Å². The van der Waals surface area contributed by atoms with E-state index in [0.29, 0.717) is 6.54 Å². The molecule has 0 aliphatic carbocycles. The maximum atomic E-state index is 10.7. The molecule has 0 aliphatic heterocycles. The Balaban J connectivity index is 3.57. The molecule has 0 saturated heterocycles. The summed E-state index contributed by atoms with van der Waals surface area (Å²) in [5, 5.41) is 10.7. The van der Waals surface area contributed by atoms with Crippen molar-refractivity contribution in [2.45, 2.75) is 25.8 Å². The van der Waals surface area contributed by atoms with Gasteiger partial charge in [0.1, 0.15) is 6.42 Å². The van der Waals surface area contributed by atoms with Gasteiger partial charge in [0, 0.05) is 12.1 Å². The van der Waals surface area contributed by atoms with Crippen LogP contribution in [0.25, 0.3) is 0 Å². The summed E-state index contributed by atoms with van der Waals surface area (Å²) in [5.74, 6) is -0.272. The van der Waals surface area contributed by atoms with E-state index in [1.807, 2.05) is 0 Å². The molecule has 0 atom stereocenters. The third kappa shape index (κ3) is 6.81. The summed E-state index contributed by atoms with van der Waals surface area (Å²) in [4.78, 5) is 10.7. The normalized spacial score (nSPS) is 10.4. The first-order valence-corrected chi connectivity index (χ1v) is 3.38. The fourth-order valence-corrected chi connectivity index (χ4v) is 0.461. The molecule has 4 heteroatoms. The minimum absolute atomic E-state index is 0.101. The van der Waals surface area contributed by atoms with Crippen molar-refractivity contribution in [3.63, 3.8) is 0 Å². The van der Waals surface area contributed by atoms with Crippen molar-refractivity contribution in [3.8, 4) is 6.07 Å². The van der Waals surface area contributed by atoms with Gasteiger partial charge in [-0.05, 0) is 13.8 Å². The molecule has 0 rings (SSSR count). The van der Waals surface area contributed by atoms with Crippen LogP contribution in [0.3, 0.4) is 0 Å². The van der Waals surface area contributed by atoms with Crippen molar-refractivity contribution in [2.24, 2.45) is 5.73 Å². The van der Waals surface area contributed by atoms with E-state index in [9.17, 15) is 4.79 Å². The minimum atomic E-state index is -0.412. The van der Waals surface area contributed by atoms with Gasteiger partial charge in [-0.15, -0.1) is 0 Å². The smallest absolute Gasteiger partial charge is 0.234 e. The molecule has 0 spiro atoms. The Morgan fingerprint density at radius 1 is 1.73 bits per heavy atom. The van der Waals surface area contributed by atoms with Crippen LogP contribution in [0.4, 0.5) is 0 Å². The molecule has 3 N–H and O–H groups in total. The number of hydrogen-bond donors (Lipinski definition) is 2. The van der Waals surface area contributed by atoms with Gasteiger partial charge in [0.2, 0.25) is 5.91 Å². The summed E-state index contributed by atoms with van der Waals surface area (Å²) in [6.45, 7) is 4.01. The molecule has 0 radical (unpaired) electrons. The van der Waals surface area contributed by atoms with Crippen LogP contribution in [0.1, 0.15) is 20.3 Å². The summed E-state index contributed by atoms with van der Waals surface area (Å²) < 4.78 is 0. The fraction of sp³-hybridized carbons (Fsp3) is 0.714. The lowest BCUT2D eigenvalue weighted by Gasteiger charge is -2.18. The molecule has 0 bridgehead atoms. The van der Waals surface area contributed by atoms with E-state index in [0.717, 1.165) is 0 Å². The number of rotatable bonds is 3. The highest BCUT2D eigenvalue weighted by Gasteiger charge is 2.11. The number of hydrogen-bond acceptors (Lipinski definition) is 3. The molecule has 0 heterocycles. The second-order valence-electron chi connectivity index (χ2n) is 3.10. The van der Waals surface area contributed by atoms with Crippen molar-refractivity contribution in [1.29, 1.82) is 5.26 Å². The average Bonchev–Trinajstić information content (AvgIpc) is 1.83. The summed E-state index contributed by atoms with van der Waals surface area (Å²) in [6, 6.07) is 1.75. The molecule has 1 amide bonds. The van der Waals surface area contributed by atoms with Crippen LogP contribution in [-0.4, -0.2) is 18.0 Å². The van der Waals surface area contributed by atoms with Gasteiger partial charge in [0.15, 0.2) is 0 Å². The van der Waals surface area contributed by atoms with Crippen LogP contribution in [0.2, 0.25) is 0 Å². The lowest BCUT2D eigenvalue weighted by Crippen LogP contribution is -2.44. The summed E-state index contributed by atoms with van der Waals surface area (Å²) in [7, 11) is 0. The Morgan fingerprint density at radius 2 is 2.27 bits per heavy atom. The monoisotopic (exact) mass is 155 g/mol. The molecule has 0 aromatic carbocycles. The Hall–Kier alpha value is -1.08. The molecule has 11 heavy (non-hydrogen) atoms. The maximum absolute atomic E-state index is 10.7. The van der Waals surface area contributed by atoms with E-state index in [2.05, 4.69) is 5.32 Å². The summed E-state index contributed by atoms with van der Waals surface area (Å²) >= 11 is 0. The van der Waals surface area contributed by atoms with Crippen molar-refractivity contribution >= 4 is 5.91 Å². The van der Waals surface area contributed by atoms with Gasteiger partial charge < -0.3 is 11.1 Å². The zero-order valence-corrected chi connectivity index (χ0v) is 6.85. The average molecular weight is 155 g/mol. The van der Waals surface area contributed by atoms with Crippen molar-refractivity contribution in [2.75, 3.05) is 6.54 Å². The summed E-state index contributed by atoms with van der Waals surface area (Å²) in [5.41, 5.74) is 5.17. The quantitative estimate of drug-likeness (QED) is 0.590. The van der Waals surface area contributed by atoms with Crippen LogP contribution in [0.15, 0.2) is 0 Å². The fourth-order valence-electron chi connectivity index (χ4n) is 0.461. The number of carbonyl (C=O) groups excluding carboxylic acids is 1. The highest BCUT2D eigenvalue weighted by molar-refractivity contribution is 5.77. The van der Waals surface area contributed by atoms with Gasteiger partial charge in [-0.3, -0.25) is 4.79 Å². The van der Waals surface area contributed by atoms with E-state index in [-0.39, 0.29) is 12.3 Å². The molecule has 0 aromatic rings. The standard InChI is InChI=1S/C7H13N3O/c1-7(2,9)5-10-6(11)3-4-8/h3,5,9H2,1-2H3,(H,10,11). The zero-order chi connectivity index (χ0) is 8.91. The number of carbonyl (C=O) groups is 1. The van der Waals surface area contributed by atoms with Gasteiger partial charge in [-0.25, -0.2) is 0 Å². The Labute approximate surface area is 66.4 Å². The minimum Gasteiger partial charge on any atom is -0.353 e. The van der Waals surface area contributed by atoms with Crippen LogP contribution < -0.4 is 11.1 Å². The highest BCUT2D eigenvalue weighted by atomic mass is 16.1. The van der Waals surface area contributed by atoms with E-state index in [1.165, 1.54) is 0 Å². The van der Waals surface area contributed by atoms with Gasteiger partial charge in [0.05, 0.1) is 6.07 Å².